The molecule has 0 aromatic rings. The van der Waals surface area contributed by atoms with Gasteiger partial charge >= 0.3 is 0 Å². The van der Waals surface area contributed by atoms with Crippen LogP contribution in [0.15, 0.2) is 4.99 Å². The molecule has 0 spiro atoms. The summed E-state index contributed by atoms with van der Waals surface area (Å²) in [7, 11) is 0. The molecule has 0 aliphatic carbocycles. The SMILES string of the molecule is CC1CSC(=NC2CCN3CCCC23)N1. The molecule has 3 rings (SSSR count). The standard InChI is InChI=1S/C11H19N3S/c1-8-7-15-11(12-8)13-9-4-6-14-5-2-3-10(9)14/h8-10H,2-7H2,1H3,(H,12,13). The molecule has 3 atom stereocenters. The smallest absolute Gasteiger partial charge is 0.157 e. The number of hydrogen-bond donors (Lipinski definition) is 1. The highest BCUT2D eigenvalue weighted by atomic mass is 32.2. The maximum Gasteiger partial charge on any atom is 0.157 e. The van der Waals surface area contributed by atoms with Crippen LogP contribution < -0.4 is 5.32 Å². The summed E-state index contributed by atoms with van der Waals surface area (Å²) < 4.78 is 0. The molecule has 0 aromatic heterocycles. The van der Waals surface area contributed by atoms with Crippen LogP contribution in [0.3, 0.4) is 0 Å². The van der Waals surface area contributed by atoms with E-state index < -0.39 is 0 Å². The number of aliphatic imine (C=N–C) groups is 1. The van der Waals surface area contributed by atoms with Crippen LogP contribution in [0.1, 0.15) is 26.2 Å². The lowest BCUT2D eigenvalue weighted by Gasteiger charge is -2.17. The van der Waals surface area contributed by atoms with E-state index in [1.165, 1.54) is 43.3 Å². The molecule has 0 aromatic carbocycles. The highest BCUT2D eigenvalue weighted by molar-refractivity contribution is 8.14. The molecule has 0 amide bonds. The molecule has 3 aliphatic heterocycles. The summed E-state index contributed by atoms with van der Waals surface area (Å²) in [6.45, 7) is 4.81. The quantitative estimate of drug-likeness (QED) is 0.729. The first kappa shape index (κ1) is 9.97. The second kappa shape index (κ2) is 3.98. The summed E-state index contributed by atoms with van der Waals surface area (Å²) in [5.41, 5.74) is 0. The number of hydrogen-bond acceptors (Lipinski definition) is 3. The van der Waals surface area contributed by atoms with Crippen LogP contribution in [0, 0.1) is 0 Å². The first-order valence-electron chi connectivity index (χ1n) is 6.04. The zero-order chi connectivity index (χ0) is 10.3. The monoisotopic (exact) mass is 225 g/mol. The number of fused-ring (bicyclic) bond motifs is 1. The second-order valence-corrected chi connectivity index (χ2v) is 5.90. The Labute approximate surface area is 95.7 Å². The van der Waals surface area contributed by atoms with Crippen LogP contribution >= 0.6 is 11.8 Å². The molecule has 0 bridgehead atoms. The average Bonchev–Trinajstić information content (AvgIpc) is 2.85. The number of rotatable bonds is 1. The van der Waals surface area contributed by atoms with Crippen LogP contribution in [0.25, 0.3) is 0 Å². The van der Waals surface area contributed by atoms with E-state index in [1.807, 2.05) is 11.8 Å². The molecule has 0 saturated carbocycles. The van der Waals surface area contributed by atoms with Crippen molar-refractivity contribution in [2.75, 3.05) is 18.8 Å². The topological polar surface area (TPSA) is 27.6 Å². The van der Waals surface area contributed by atoms with Crippen LogP contribution in [0.4, 0.5) is 0 Å². The van der Waals surface area contributed by atoms with Gasteiger partial charge in [-0.25, -0.2) is 0 Å². The Kier molecular flexibility index (Phi) is 2.64. The summed E-state index contributed by atoms with van der Waals surface area (Å²) in [6.07, 6.45) is 4.01. The average molecular weight is 225 g/mol. The highest BCUT2D eigenvalue weighted by Gasteiger charge is 2.37. The minimum atomic E-state index is 0.577. The lowest BCUT2D eigenvalue weighted by Crippen LogP contribution is -2.30. The van der Waals surface area contributed by atoms with Gasteiger partial charge in [-0.05, 0) is 32.7 Å². The molecule has 3 unspecified atom stereocenters. The number of thioether (sulfide) groups is 1. The summed E-state index contributed by atoms with van der Waals surface area (Å²) >= 11 is 1.89. The van der Waals surface area contributed by atoms with Gasteiger partial charge in [0.1, 0.15) is 0 Å². The minimum Gasteiger partial charge on any atom is -0.362 e. The zero-order valence-electron chi connectivity index (χ0n) is 9.28. The van der Waals surface area contributed by atoms with Crippen molar-refractivity contribution in [2.24, 2.45) is 4.99 Å². The van der Waals surface area contributed by atoms with Gasteiger partial charge in [0.05, 0.1) is 6.04 Å². The lowest BCUT2D eigenvalue weighted by molar-refractivity contribution is 0.314. The van der Waals surface area contributed by atoms with E-state index in [0.29, 0.717) is 12.1 Å². The Morgan fingerprint density at radius 3 is 3.13 bits per heavy atom. The van der Waals surface area contributed by atoms with Crippen molar-refractivity contribution in [3.05, 3.63) is 0 Å². The van der Waals surface area contributed by atoms with Crippen LogP contribution in [0.2, 0.25) is 0 Å². The largest absolute Gasteiger partial charge is 0.362 e. The fraction of sp³-hybridized carbons (Fsp3) is 0.909. The first-order chi connectivity index (χ1) is 7.33. The third-order valence-corrected chi connectivity index (χ3v) is 4.86. The molecule has 3 fully saturated rings. The molecular formula is C11H19N3S. The van der Waals surface area contributed by atoms with Crippen molar-refractivity contribution in [2.45, 2.75) is 44.3 Å². The maximum absolute atomic E-state index is 4.89. The Morgan fingerprint density at radius 1 is 1.40 bits per heavy atom. The predicted octanol–water partition coefficient (Wildman–Crippen LogP) is 1.30. The van der Waals surface area contributed by atoms with Gasteiger partial charge in [-0.3, -0.25) is 9.89 Å². The van der Waals surface area contributed by atoms with Gasteiger partial charge in [-0.2, -0.15) is 0 Å². The van der Waals surface area contributed by atoms with Crippen LogP contribution in [-0.4, -0.2) is 47.0 Å². The molecule has 84 valence electrons. The molecule has 1 N–H and O–H groups in total. The van der Waals surface area contributed by atoms with E-state index in [1.54, 1.807) is 0 Å². The van der Waals surface area contributed by atoms with Gasteiger partial charge in [0.25, 0.3) is 0 Å². The van der Waals surface area contributed by atoms with Crippen molar-refractivity contribution in [3.8, 4) is 0 Å². The van der Waals surface area contributed by atoms with E-state index in [-0.39, 0.29) is 0 Å². The molecule has 3 saturated heterocycles. The Morgan fingerprint density at radius 2 is 2.33 bits per heavy atom. The first-order valence-corrected chi connectivity index (χ1v) is 7.02. The van der Waals surface area contributed by atoms with Crippen molar-refractivity contribution in [1.82, 2.24) is 10.2 Å². The molecule has 3 nitrogen and oxygen atoms in total. The summed E-state index contributed by atoms with van der Waals surface area (Å²) in [5.74, 6) is 1.18. The van der Waals surface area contributed by atoms with Crippen LogP contribution in [-0.2, 0) is 0 Å². The molecule has 0 radical (unpaired) electrons. The maximum atomic E-state index is 4.89. The van der Waals surface area contributed by atoms with E-state index in [0.717, 1.165) is 6.04 Å². The number of amidine groups is 1. The fourth-order valence-corrected chi connectivity index (χ4v) is 3.92. The number of nitrogens with zero attached hydrogens (tertiary/aromatic N) is 2. The Hall–Kier alpha value is -0.220. The Balaban J connectivity index is 1.68. The zero-order valence-corrected chi connectivity index (χ0v) is 10.1. The molecule has 3 aliphatic rings. The van der Waals surface area contributed by atoms with Gasteiger partial charge in [0, 0.05) is 24.4 Å². The van der Waals surface area contributed by atoms with Gasteiger partial charge in [0.2, 0.25) is 0 Å². The predicted molar refractivity (Wildman–Crippen MR) is 65.5 cm³/mol. The van der Waals surface area contributed by atoms with E-state index >= 15 is 0 Å². The highest BCUT2D eigenvalue weighted by Crippen LogP contribution is 2.30. The van der Waals surface area contributed by atoms with Gasteiger partial charge in [-0.1, -0.05) is 11.8 Å². The summed E-state index contributed by atoms with van der Waals surface area (Å²) in [5, 5.41) is 4.65. The van der Waals surface area contributed by atoms with Crippen molar-refractivity contribution < 1.29 is 0 Å². The minimum absolute atomic E-state index is 0.577. The molecule has 4 heteroatoms. The number of nitrogens with one attached hydrogen (secondary N) is 1. The van der Waals surface area contributed by atoms with Crippen LogP contribution in [0.5, 0.6) is 0 Å². The molecule has 3 heterocycles. The van der Waals surface area contributed by atoms with Gasteiger partial charge < -0.3 is 5.32 Å². The van der Waals surface area contributed by atoms with Crippen molar-refractivity contribution in [1.29, 1.82) is 0 Å². The molecule has 15 heavy (non-hydrogen) atoms. The second-order valence-electron chi connectivity index (χ2n) is 4.89. The third kappa shape index (κ3) is 1.89. The van der Waals surface area contributed by atoms with Crippen molar-refractivity contribution in [3.63, 3.8) is 0 Å². The van der Waals surface area contributed by atoms with Crippen molar-refractivity contribution >= 4 is 16.9 Å². The Bertz CT molecular complexity index is 279. The van der Waals surface area contributed by atoms with E-state index in [2.05, 4.69) is 17.1 Å². The summed E-state index contributed by atoms with van der Waals surface area (Å²) in [6, 6.07) is 1.94. The fourth-order valence-electron chi connectivity index (χ4n) is 2.93. The molecular weight excluding hydrogens is 206 g/mol. The third-order valence-electron chi connectivity index (χ3n) is 3.69. The van der Waals surface area contributed by atoms with E-state index in [4.69, 9.17) is 4.99 Å². The van der Waals surface area contributed by atoms with E-state index in [9.17, 15) is 0 Å². The summed E-state index contributed by atoms with van der Waals surface area (Å²) in [4.78, 5) is 7.52. The van der Waals surface area contributed by atoms with Gasteiger partial charge in [0.15, 0.2) is 5.17 Å². The van der Waals surface area contributed by atoms with Gasteiger partial charge in [-0.15, -0.1) is 0 Å². The normalized spacial score (nSPS) is 43.5. The lowest BCUT2D eigenvalue weighted by atomic mass is 10.1.